The number of methoxy groups -OCH3 is 1. The van der Waals surface area contributed by atoms with Gasteiger partial charge in [0.1, 0.15) is 5.82 Å². The first-order chi connectivity index (χ1) is 14.8. The van der Waals surface area contributed by atoms with Gasteiger partial charge in [0.25, 0.3) is 0 Å². The molecule has 2 amide bonds. The molecule has 1 fully saturated rings. The van der Waals surface area contributed by atoms with E-state index >= 15 is 0 Å². The second-order valence-electron chi connectivity index (χ2n) is 7.72. The number of aryl methyl sites for hydroxylation is 3. The summed E-state index contributed by atoms with van der Waals surface area (Å²) in [7, 11) is 3.40. The molecule has 11 heteroatoms. The lowest BCUT2D eigenvalue weighted by atomic mass is 10.1. The number of amides is 2. The predicted molar refractivity (Wildman–Crippen MR) is 118 cm³/mol. The van der Waals surface area contributed by atoms with Crippen LogP contribution in [0.25, 0.3) is 11.0 Å². The fourth-order valence-electron chi connectivity index (χ4n) is 3.98. The summed E-state index contributed by atoms with van der Waals surface area (Å²) in [5.41, 5.74) is 8.89. The molecule has 1 aliphatic heterocycles. The summed E-state index contributed by atoms with van der Waals surface area (Å²) in [6.45, 7) is 7.54. The lowest BCUT2D eigenvalue weighted by Gasteiger charge is -2.40. The van der Waals surface area contributed by atoms with E-state index in [-0.39, 0.29) is 18.0 Å². The van der Waals surface area contributed by atoms with Gasteiger partial charge in [0.2, 0.25) is 11.8 Å². The third-order valence-corrected chi connectivity index (χ3v) is 5.55. The Morgan fingerprint density at radius 1 is 1.19 bits per heavy atom. The van der Waals surface area contributed by atoms with Crippen LogP contribution in [0.1, 0.15) is 18.3 Å². The molecule has 1 aliphatic rings. The van der Waals surface area contributed by atoms with Crippen molar-refractivity contribution in [3.8, 4) is 5.88 Å². The fraction of sp³-hybridized carbons (Fsp3) is 0.450. The smallest absolute Gasteiger partial charge is 0.322 e. The maximum atomic E-state index is 12.9. The molecule has 4 rings (SSSR count). The number of rotatable bonds is 3. The normalized spacial score (nSPS) is 16.6. The average molecular weight is 425 g/mol. The monoisotopic (exact) mass is 425 g/mol. The van der Waals surface area contributed by atoms with Gasteiger partial charge in [-0.2, -0.15) is 15.1 Å². The molecule has 11 nitrogen and oxygen atoms in total. The van der Waals surface area contributed by atoms with Crippen molar-refractivity contribution in [3.63, 3.8) is 0 Å². The fourth-order valence-corrected chi connectivity index (χ4v) is 3.98. The highest BCUT2D eigenvalue weighted by Crippen LogP contribution is 2.30. The minimum Gasteiger partial charge on any atom is -0.481 e. The summed E-state index contributed by atoms with van der Waals surface area (Å²) in [4.78, 5) is 30.0. The van der Waals surface area contributed by atoms with Crippen molar-refractivity contribution in [1.29, 1.82) is 0 Å². The number of ether oxygens (including phenoxy) is 1. The highest BCUT2D eigenvalue weighted by molar-refractivity contribution is 5.92. The van der Waals surface area contributed by atoms with E-state index in [4.69, 9.17) is 10.5 Å². The van der Waals surface area contributed by atoms with Gasteiger partial charge in [0.05, 0.1) is 29.6 Å². The Morgan fingerprint density at radius 2 is 1.97 bits per heavy atom. The third kappa shape index (κ3) is 3.78. The molecular weight excluding hydrogens is 398 g/mol. The molecule has 3 aromatic heterocycles. The summed E-state index contributed by atoms with van der Waals surface area (Å²) in [5, 5.41) is 8.30. The highest BCUT2D eigenvalue weighted by Gasteiger charge is 2.30. The third-order valence-electron chi connectivity index (χ3n) is 5.55. The van der Waals surface area contributed by atoms with E-state index in [1.165, 1.54) is 0 Å². The minimum atomic E-state index is -0.161. The largest absolute Gasteiger partial charge is 0.481 e. The number of anilines is 3. The molecule has 1 atom stereocenters. The molecule has 0 aliphatic carbocycles. The van der Waals surface area contributed by atoms with Crippen molar-refractivity contribution < 1.29 is 9.53 Å². The molecule has 1 saturated heterocycles. The second-order valence-corrected chi connectivity index (χ2v) is 7.72. The Bertz CT molecular complexity index is 1140. The quantitative estimate of drug-likeness (QED) is 0.649. The van der Waals surface area contributed by atoms with Crippen molar-refractivity contribution in [2.45, 2.75) is 26.8 Å². The summed E-state index contributed by atoms with van der Waals surface area (Å²) >= 11 is 0. The van der Waals surface area contributed by atoms with E-state index in [1.54, 1.807) is 28.8 Å². The Hall–Kier alpha value is -3.63. The van der Waals surface area contributed by atoms with Gasteiger partial charge in [-0.3, -0.25) is 0 Å². The van der Waals surface area contributed by atoms with Gasteiger partial charge in [0, 0.05) is 38.8 Å². The number of piperazine rings is 1. The van der Waals surface area contributed by atoms with Crippen LogP contribution < -0.4 is 20.7 Å². The lowest BCUT2D eigenvalue weighted by Crippen LogP contribution is -2.55. The first kappa shape index (κ1) is 20.6. The van der Waals surface area contributed by atoms with Crippen LogP contribution in [0.3, 0.4) is 0 Å². The standard InChI is InChI=1S/C20H27N9O2/c1-11-10-28(20(30)23-14-6-7-15(31-5)22-12(14)2)8-9-29(11)18-16-13(3)26-27(4)17(16)24-19(21)25-18/h6-7,11H,8-10H2,1-5H3,(H,23,30)(H2,21,24,25)/t11-/m0/s1. The van der Waals surface area contributed by atoms with E-state index in [0.29, 0.717) is 42.5 Å². The van der Waals surface area contributed by atoms with E-state index in [9.17, 15) is 4.79 Å². The summed E-state index contributed by atoms with van der Waals surface area (Å²) in [6, 6.07) is 3.40. The van der Waals surface area contributed by atoms with Gasteiger partial charge >= 0.3 is 6.03 Å². The van der Waals surface area contributed by atoms with E-state index in [1.807, 2.05) is 20.9 Å². The van der Waals surface area contributed by atoms with Crippen molar-refractivity contribution in [1.82, 2.24) is 29.6 Å². The van der Waals surface area contributed by atoms with Crippen LogP contribution >= 0.6 is 0 Å². The van der Waals surface area contributed by atoms with Gasteiger partial charge in [-0.25, -0.2) is 14.5 Å². The highest BCUT2D eigenvalue weighted by atomic mass is 16.5. The molecular formula is C20H27N9O2. The Balaban J connectivity index is 1.52. The molecule has 164 valence electrons. The zero-order chi connectivity index (χ0) is 22.3. The van der Waals surface area contributed by atoms with Crippen LogP contribution in [-0.2, 0) is 7.05 Å². The molecule has 31 heavy (non-hydrogen) atoms. The molecule has 0 aromatic carbocycles. The SMILES string of the molecule is COc1ccc(NC(=O)N2CCN(c3nc(N)nc4c3c(C)nn4C)[C@@H](C)C2)c(C)n1. The minimum absolute atomic E-state index is 0.0340. The van der Waals surface area contributed by atoms with Gasteiger partial charge in [-0.1, -0.05) is 0 Å². The van der Waals surface area contributed by atoms with Gasteiger partial charge in [-0.05, 0) is 26.8 Å². The number of pyridine rings is 1. The molecule has 0 spiro atoms. The Morgan fingerprint density at radius 3 is 2.65 bits per heavy atom. The maximum Gasteiger partial charge on any atom is 0.322 e. The number of nitrogen functional groups attached to an aromatic ring is 1. The van der Waals surface area contributed by atoms with E-state index in [2.05, 4.69) is 37.2 Å². The van der Waals surface area contributed by atoms with Crippen LogP contribution in [0.15, 0.2) is 12.1 Å². The number of carbonyl (C=O) groups is 1. The summed E-state index contributed by atoms with van der Waals surface area (Å²) < 4.78 is 6.84. The number of aromatic nitrogens is 5. The number of fused-ring (bicyclic) bond motifs is 1. The van der Waals surface area contributed by atoms with Crippen molar-refractivity contribution >= 4 is 34.5 Å². The first-order valence-electron chi connectivity index (χ1n) is 10.1. The van der Waals surface area contributed by atoms with E-state index < -0.39 is 0 Å². The molecule has 3 N–H and O–H groups in total. The van der Waals surface area contributed by atoms with Gasteiger partial charge in [-0.15, -0.1) is 0 Å². The number of nitrogens with zero attached hydrogens (tertiary/aromatic N) is 7. The Kier molecular flexibility index (Phi) is 5.25. The predicted octanol–water partition coefficient (Wildman–Crippen LogP) is 1.71. The molecule has 0 saturated carbocycles. The van der Waals surface area contributed by atoms with Crippen molar-refractivity contribution in [2.75, 3.05) is 42.7 Å². The second kappa shape index (κ2) is 7.89. The van der Waals surface area contributed by atoms with Crippen LogP contribution in [0.2, 0.25) is 0 Å². The van der Waals surface area contributed by atoms with Crippen molar-refractivity contribution in [2.24, 2.45) is 7.05 Å². The van der Waals surface area contributed by atoms with Crippen LogP contribution in [0, 0.1) is 13.8 Å². The molecule has 0 unspecified atom stereocenters. The molecule has 0 radical (unpaired) electrons. The molecule has 4 heterocycles. The lowest BCUT2D eigenvalue weighted by molar-refractivity contribution is 0.200. The zero-order valence-electron chi connectivity index (χ0n) is 18.4. The van der Waals surface area contributed by atoms with Gasteiger partial charge < -0.3 is 25.6 Å². The number of nitrogens with two attached hydrogens (primary N) is 1. The number of nitrogens with one attached hydrogen (secondary N) is 1. The zero-order valence-corrected chi connectivity index (χ0v) is 18.4. The maximum absolute atomic E-state index is 12.9. The average Bonchev–Trinajstić information content (AvgIpc) is 3.02. The van der Waals surface area contributed by atoms with Gasteiger partial charge in [0.15, 0.2) is 5.65 Å². The number of hydrogen-bond donors (Lipinski definition) is 2. The Labute approximate surface area is 180 Å². The van der Waals surface area contributed by atoms with Crippen LogP contribution in [-0.4, -0.2) is 68.4 Å². The topological polar surface area (TPSA) is 127 Å². The summed E-state index contributed by atoms with van der Waals surface area (Å²) in [5.74, 6) is 1.48. The number of hydrogen-bond acceptors (Lipinski definition) is 8. The van der Waals surface area contributed by atoms with Crippen LogP contribution in [0.4, 0.5) is 22.2 Å². The van der Waals surface area contributed by atoms with Crippen molar-refractivity contribution in [3.05, 3.63) is 23.5 Å². The molecule has 0 bridgehead atoms. The van der Waals surface area contributed by atoms with Crippen LogP contribution in [0.5, 0.6) is 5.88 Å². The number of urea groups is 1. The van der Waals surface area contributed by atoms with E-state index in [0.717, 1.165) is 16.9 Å². The molecule has 3 aromatic rings. The first-order valence-corrected chi connectivity index (χ1v) is 10.1. The number of carbonyl (C=O) groups excluding carboxylic acids is 1. The summed E-state index contributed by atoms with van der Waals surface area (Å²) in [6.07, 6.45) is 0.